The number of rotatable bonds is 4. The molecule has 0 aliphatic rings. The molecule has 1 aromatic rings. The normalized spacial score (nSPS) is 9.29. The molecule has 0 N–H and O–H groups in total. The van der Waals surface area contributed by atoms with E-state index in [1.165, 1.54) is 19.1 Å². The second-order valence-corrected chi connectivity index (χ2v) is 3.47. The SMILES string of the molecule is C#CCN(C)C(=O)c1cc(OC)cc(OC)c1. The minimum atomic E-state index is -0.167. The summed E-state index contributed by atoms with van der Waals surface area (Å²) in [7, 11) is 4.72. The molecule has 0 aliphatic carbocycles. The number of benzene rings is 1. The summed E-state index contributed by atoms with van der Waals surface area (Å²) in [5, 5.41) is 0. The fourth-order valence-corrected chi connectivity index (χ4v) is 1.36. The van der Waals surface area contributed by atoms with E-state index in [1.54, 1.807) is 25.2 Å². The Morgan fingerprint density at radius 3 is 2.24 bits per heavy atom. The standard InChI is InChI=1S/C13H15NO3/c1-5-6-14(2)13(15)10-7-11(16-3)9-12(8-10)17-4/h1,7-9H,6H2,2-4H3. The predicted octanol–water partition coefficient (Wildman–Crippen LogP) is 1.41. The highest BCUT2D eigenvalue weighted by Crippen LogP contribution is 2.23. The molecule has 0 aromatic heterocycles. The molecule has 17 heavy (non-hydrogen) atoms. The lowest BCUT2D eigenvalue weighted by Crippen LogP contribution is -2.26. The van der Waals surface area contributed by atoms with Crippen LogP contribution in [0.4, 0.5) is 0 Å². The van der Waals surface area contributed by atoms with Crippen LogP contribution in [0.3, 0.4) is 0 Å². The molecule has 0 heterocycles. The maximum Gasteiger partial charge on any atom is 0.254 e. The van der Waals surface area contributed by atoms with E-state index in [0.717, 1.165) is 0 Å². The highest BCUT2D eigenvalue weighted by molar-refractivity contribution is 5.95. The molecular formula is C13H15NO3. The fraction of sp³-hybridized carbons (Fsp3) is 0.308. The van der Waals surface area contributed by atoms with Crippen molar-refractivity contribution in [3.05, 3.63) is 23.8 Å². The molecule has 90 valence electrons. The van der Waals surface area contributed by atoms with Gasteiger partial charge in [-0.25, -0.2) is 0 Å². The van der Waals surface area contributed by atoms with E-state index in [0.29, 0.717) is 17.1 Å². The zero-order valence-corrected chi connectivity index (χ0v) is 10.2. The second kappa shape index (κ2) is 5.80. The summed E-state index contributed by atoms with van der Waals surface area (Å²) >= 11 is 0. The van der Waals surface area contributed by atoms with E-state index >= 15 is 0 Å². The molecule has 1 aromatic carbocycles. The lowest BCUT2D eigenvalue weighted by Gasteiger charge is -2.15. The van der Waals surface area contributed by atoms with Crippen LogP contribution >= 0.6 is 0 Å². The van der Waals surface area contributed by atoms with Crippen molar-refractivity contribution in [2.45, 2.75) is 0 Å². The Labute approximate surface area is 101 Å². The molecule has 0 unspecified atom stereocenters. The number of amides is 1. The maximum atomic E-state index is 12.0. The van der Waals surface area contributed by atoms with E-state index in [2.05, 4.69) is 5.92 Å². The van der Waals surface area contributed by atoms with Crippen LogP contribution in [-0.4, -0.2) is 38.6 Å². The molecule has 0 atom stereocenters. The first kappa shape index (κ1) is 12.9. The minimum Gasteiger partial charge on any atom is -0.497 e. The van der Waals surface area contributed by atoms with E-state index < -0.39 is 0 Å². The van der Waals surface area contributed by atoms with Gasteiger partial charge in [-0.05, 0) is 12.1 Å². The summed E-state index contributed by atoms with van der Waals surface area (Å²) in [6.45, 7) is 0.262. The molecule has 4 heteroatoms. The van der Waals surface area contributed by atoms with Crippen molar-refractivity contribution in [2.24, 2.45) is 0 Å². The van der Waals surface area contributed by atoms with Gasteiger partial charge in [0, 0.05) is 18.7 Å². The van der Waals surface area contributed by atoms with Crippen molar-refractivity contribution < 1.29 is 14.3 Å². The molecule has 0 bridgehead atoms. The highest BCUT2D eigenvalue weighted by atomic mass is 16.5. The minimum absolute atomic E-state index is 0.167. The molecule has 0 saturated heterocycles. The van der Waals surface area contributed by atoms with Crippen molar-refractivity contribution in [1.82, 2.24) is 4.90 Å². The highest BCUT2D eigenvalue weighted by Gasteiger charge is 2.13. The van der Waals surface area contributed by atoms with Gasteiger partial charge in [0.2, 0.25) is 0 Å². The van der Waals surface area contributed by atoms with E-state index in [1.807, 2.05) is 0 Å². The number of methoxy groups -OCH3 is 2. The van der Waals surface area contributed by atoms with Crippen LogP contribution in [0.25, 0.3) is 0 Å². The van der Waals surface area contributed by atoms with E-state index in [9.17, 15) is 4.79 Å². The first-order valence-corrected chi connectivity index (χ1v) is 5.04. The first-order chi connectivity index (χ1) is 8.12. The summed E-state index contributed by atoms with van der Waals surface area (Å²) < 4.78 is 10.2. The summed E-state index contributed by atoms with van der Waals surface area (Å²) in [6, 6.07) is 5.01. The fourth-order valence-electron chi connectivity index (χ4n) is 1.36. The Morgan fingerprint density at radius 2 is 1.82 bits per heavy atom. The third-order valence-electron chi connectivity index (χ3n) is 2.27. The van der Waals surface area contributed by atoms with Crippen LogP contribution < -0.4 is 9.47 Å². The number of carbonyl (C=O) groups excluding carboxylic acids is 1. The molecule has 0 saturated carbocycles. The molecular weight excluding hydrogens is 218 g/mol. The Hall–Kier alpha value is -2.15. The zero-order chi connectivity index (χ0) is 12.8. The quantitative estimate of drug-likeness (QED) is 0.738. The van der Waals surface area contributed by atoms with Gasteiger partial charge in [0.05, 0.1) is 20.8 Å². The average Bonchev–Trinajstić information content (AvgIpc) is 2.37. The third-order valence-corrected chi connectivity index (χ3v) is 2.27. The number of hydrogen-bond acceptors (Lipinski definition) is 3. The van der Waals surface area contributed by atoms with Crippen molar-refractivity contribution in [1.29, 1.82) is 0 Å². The number of terminal acetylenes is 1. The van der Waals surface area contributed by atoms with Crippen molar-refractivity contribution in [3.63, 3.8) is 0 Å². The van der Waals surface area contributed by atoms with Crippen LogP contribution in [0, 0.1) is 12.3 Å². The number of carbonyl (C=O) groups is 1. The summed E-state index contributed by atoms with van der Waals surface area (Å²) in [5.41, 5.74) is 0.485. The molecule has 4 nitrogen and oxygen atoms in total. The van der Waals surface area contributed by atoms with Gasteiger partial charge in [-0.15, -0.1) is 6.42 Å². The third kappa shape index (κ3) is 3.15. The van der Waals surface area contributed by atoms with Crippen LogP contribution in [0.15, 0.2) is 18.2 Å². The molecule has 0 fully saturated rings. The topological polar surface area (TPSA) is 38.8 Å². The maximum absolute atomic E-state index is 12.0. The monoisotopic (exact) mass is 233 g/mol. The van der Waals surface area contributed by atoms with Crippen molar-refractivity contribution >= 4 is 5.91 Å². The van der Waals surface area contributed by atoms with Gasteiger partial charge in [0.15, 0.2) is 0 Å². The zero-order valence-electron chi connectivity index (χ0n) is 10.2. The number of hydrogen-bond donors (Lipinski definition) is 0. The summed E-state index contributed by atoms with van der Waals surface area (Å²) in [6.07, 6.45) is 5.16. The van der Waals surface area contributed by atoms with E-state index in [-0.39, 0.29) is 12.5 Å². The summed E-state index contributed by atoms with van der Waals surface area (Å²) in [5.74, 6) is 3.39. The number of nitrogens with zero attached hydrogens (tertiary/aromatic N) is 1. The molecule has 0 radical (unpaired) electrons. The largest absolute Gasteiger partial charge is 0.497 e. The van der Waals surface area contributed by atoms with Crippen LogP contribution in [-0.2, 0) is 0 Å². The van der Waals surface area contributed by atoms with Crippen molar-refractivity contribution in [2.75, 3.05) is 27.8 Å². The Bertz CT molecular complexity index is 426. The Kier molecular flexibility index (Phi) is 4.41. The van der Waals surface area contributed by atoms with Gasteiger partial charge in [0.1, 0.15) is 11.5 Å². The Balaban J connectivity index is 3.04. The summed E-state index contributed by atoms with van der Waals surface area (Å²) in [4.78, 5) is 13.4. The first-order valence-electron chi connectivity index (χ1n) is 5.04. The molecule has 1 rings (SSSR count). The molecule has 0 aliphatic heterocycles. The lowest BCUT2D eigenvalue weighted by molar-refractivity contribution is 0.0812. The van der Waals surface area contributed by atoms with Crippen LogP contribution in [0.2, 0.25) is 0 Å². The van der Waals surface area contributed by atoms with Crippen LogP contribution in [0.1, 0.15) is 10.4 Å². The van der Waals surface area contributed by atoms with Crippen LogP contribution in [0.5, 0.6) is 11.5 Å². The lowest BCUT2D eigenvalue weighted by atomic mass is 10.1. The van der Waals surface area contributed by atoms with Gasteiger partial charge in [-0.1, -0.05) is 5.92 Å². The smallest absolute Gasteiger partial charge is 0.254 e. The average molecular weight is 233 g/mol. The van der Waals surface area contributed by atoms with E-state index in [4.69, 9.17) is 15.9 Å². The second-order valence-electron chi connectivity index (χ2n) is 3.47. The van der Waals surface area contributed by atoms with Crippen molar-refractivity contribution in [3.8, 4) is 23.8 Å². The molecule has 0 spiro atoms. The van der Waals surface area contributed by atoms with Gasteiger partial charge < -0.3 is 14.4 Å². The van der Waals surface area contributed by atoms with Gasteiger partial charge >= 0.3 is 0 Å². The molecule has 1 amide bonds. The Morgan fingerprint density at radius 1 is 1.29 bits per heavy atom. The van der Waals surface area contributed by atoms with Gasteiger partial charge in [0.25, 0.3) is 5.91 Å². The van der Waals surface area contributed by atoms with Gasteiger partial charge in [-0.3, -0.25) is 4.79 Å². The van der Waals surface area contributed by atoms with Gasteiger partial charge in [-0.2, -0.15) is 0 Å². The number of ether oxygens (including phenoxy) is 2. The predicted molar refractivity (Wildman–Crippen MR) is 65.3 cm³/mol.